The predicted octanol–water partition coefficient (Wildman–Crippen LogP) is 4.17. The molecule has 0 fully saturated rings. The van der Waals surface area contributed by atoms with Gasteiger partial charge in [0.15, 0.2) is 0 Å². The van der Waals surface area contributed by atoms with Crippen molar-refractivity contribution in [1.29, 1.82) is 0 Å². The molecule has 2 aromatic carbocycles. The minimum Gasteiger partial charge on any atom is -0.446 e. The molecule has 182 valence electrons. The van der Waals surface area contributed by atoms with E-state index in [1.54, 1.807) is 23.6 Å². The molecule has 2 aromatic rings. The van der Waals surface area contributed by atoms with Crippen LogP contribution >= 0.6 is 0 Å². The van der Waals surface area contributed by atoms with Gasteiger partial charge in [0, 0.05) is 20.0 Å². The summed E-state index contributed by atoms with van der Waals surface area (Å²) < 4.78 is 31.3. The minimum atomic E-state index is -3.34. The first kappa shape index (κ1) is 24.1. The molecule has 2 aliphatic heterocycles. The molecule has 1 atom stereocenters. The maximum absolute atomic E-state index is 12.9. The third-order valence-electron chi connectivity index (χ3n) is 6.20. The topological polar surface area (TPSA) is 87.2 Å². The van der Waals surface area contributed by atoms with Crippen molar-refractivity contribution < 1.29 is 22.7 Å². The Morgan fingerprint density at radius 2 is 1.68 bits per heavy atom. The van der Waals surface area contributed by atoms with Crippen LogP contribution in [0.1, 0.15) is 39.7 Å². The fraction of sp³-hybridized carbons (Fsp3) is 0.440. The number of ether oxygens (including phenoxy) is 1. The molecule has 2 amide bonds. The number of carbonyl (C=O) groups excluding carboxylic acids is 2. The van der Waals surface area contributed by atoms with Crippen molar-refractivity contribution in [3.05, 3.63) is 42.0 Å². The van der Waals surface area contributed by atoms with E-state index in [0.717, 1.165) is 29.5 Å². The molecule has 2 heterocycles. The van der Waals surface area contributed by atoms with Crippen molar-refractivity contribution in [1.82, 2.24) is 0 Å². The van der Waals surface area contributed by atoms with Crippen molar-refractivity contribution in [2.75, 3.05) is 33.5 Å². The van der Waals surface area contributed by atoms with Gasteiger partial charge < -0.3 is 9.64 Å². The van der Waals surface area contributed by atoms with Gasteiger partial charge in [-0.25, -0.2) is 13.2 Å². The molecule has 2 aliphatic rings. The smallest absolute Gasteiger partial charge is 0.414 e. The Bertz CT molecular complexity index is 1240. The first-order chi connectivity index (χ1) is 16.0. The Hall–Kier alpha value is -3.07. The zero-order valence-electron chi connectivity index (χ0n) is 20.2. The second-order valence-corrected chi connectivity index (χ2v) is 11.2. The first-order valence-electron chi connectivity index (χ1n) is 11.5. The van der Waals surface area contributed by atoms with Gasteiger partial charge in [-0.05, 0) is 74.6 Å². The van der Waals surface area contributed by atoms with Gasteiger partial charge in [-0.2, -0.15) is 0 Å². The van der Waals surface area contributed by atoms with E-state index < -0.39 is 16.1 Å². The van der Waals surface area contributed by atoms with Crippen LogP contribution in [0.2, 0.25) is 0 Å². The summed E-state index contributed by atoms with van der Waals surface area (Å²) in [4.78, 5) is 28.6. The maximum atomic E-state index is 12.9. The number of rotatable bonds is 3. The molecule has 0 N–H and O–H groups in total. The number of hydrogen-bond donors (Lipinski definition) is 0. The molecule has 9 heteroatoms. The molecule has 0 bridgehead atoms. The van der Waals surface area contributed by atoms with E-state index in [0.29, 0.717) is 30.2 Å². The van der Waals surface area contributed by atoms with Gasteiger partial charge in [-0.15, -0.1) is 0 Å². The highest BCUT2D eigenvalue weighted by Crippen LogP contribution is 2.40. The minimum absolute atomic E-state index is 0.0898. The summed E-state index contributed by atoms with van der Waals surface area (Å²) >= 11 is 0. The summed E-state index contributed by atoms with van der Waals surface area (Å²) in [5.41, 5.74) is 4.76. The number of aryl methyl sites for hydroxylation is 1. The number of amides is 2. The molecule has 4 rings (SSSR count). The third kappa shape index (κ3) is 4.49. The highest BCUT2D eigenvalue weighted by molar-refractivity contribution is 7.92. The van der Waals surface area contributed by atoms with E-state index in [1.165, 1.54) is 17.5 Å². The summed E-state index contributed by atoms with van der Waals surface area (Å²) in [6.07, 6.45) is 2.07. The highest BCUT2D eigenvalue weighted by atomic mass is 32.2. The maximum Gasteiger partial charge on any atom is 0.414 e. The molecule has 0 saturated heterocycles. The number of benzene rings is 2. The zero-order valence-corrected chi connectivity index (χ0v) is 21.1. The number of carbonyl (C=O) groups is 2. The molecule has 34 heavy (non-hydrogen) atoms. The second-order valence-electron chi connectivity index (χ2n) is 9.27. The van der Waals surface area contributed by atoms with E-state index in [1.807, 2.05) is 43.3 Å². The lowest BCUT2D eigenvalue weighted by molar-refractivity contribution is -0.117. The van der Waals surface area contributed by atoms with Gasteiger partial charge in [-0.1, -0.05) is 12.1 Å². The molecule has 1 unspecified atom stereocenters. The molecular weight excluding hydrogens is 454 g/mol. The average Bonchev–Trinajstić information content (AvgIpc) is 2.76. The van der Waals surface area contributed by atoms with Crippen molar-refractivity contribution in [3.63, 3.8) is 0 Å². The van der Waals surface area contributed by atoms with Crippen LogP contribution in [0.4, 0.5) is 21.9 Å². The Kier molecular flexibility index (Phi) is 6.33. The van der Waals surface area contributed by atoms with Crippen LogP contribution in [0.5, 0.6) is 0 Å². The summed E-state index contributed by atoms with van der Waals surface area (Å²) in [6, 6.07) is 11.3. The standard InChI is InChI=1S/C25H31N3O5S/c1-16(2)33-25(30)26-15-17(3)28(18(4)29)23-11-9-20(14-24(23)26)19-8-10-22-21(13-19)7-6-12-27(22)34(5,31)32/h8-11,13-14,16-17H,6-7,12,15H2,1-5H3. The lowest BCUT2D eigenvalue weighted by Crippen LogP contribution is -2.51. The monoisotopic (exact) mass is 485 g/mol. The molecule has 0 saturated carbocycles. The number of nitrogens with zero attached hydrogens (tertiary/aromatic N) is 3. The quantitative estimate of drug-likeness (QED) is 0.651. The third-order valence-corrected chi connectivity index (χ3v) is 7.38. The SMILES string of the molecule is CC(=O)N1c2ccc(-c3ccc4c(c3)CCCN4S(C)(=O)=O)cc2N(C(=O)OC(C)C)CC1C. The Morgan fingerprint density at radius 3 is 2.29 bits per heavy atom. The Labute approximate surface area is 201 Å². The van der Waals surface area contributed by atoms with Gasteiger partial charge in [-0.3, -0.25) is 14.0 Å². The van der Waals surface area contributed by atoms with Gasteiger partial charge in [0.05, 0.1) is 35.5 Å². The molecular formula is C25H31N3O5S. The van der Waals surface area contributed by atoms with Crippen LogP contribution < -0.4 is 14.1 Å². The molecule has 8 nitrogen and oxygen atoms in total. The molecule has 0 radical (unpaired) electrons. The van der Waals surface area contributed by atoms with Crippen LogP contribution in [-0.2, 0) is 26.0 Å². The Balaban J connectivity index is 1.78. The normalized spacial score (nSPS) is 17.9. The van der Waals surface area contributed by atoms with Gasteiger partial charge in [0.2, 0.25) is 15.9 Å². The predicted molar refractivity (Wildman–Crippen MR) is 134 cm³/mol. The van der Waals surface area contributed by atoms with Gasteiger partial charge in [0.1, 0.15) is 0 Å². The molecule has 0 spiro atoms. The van der Waals surface area contributed by atoms with Crippen molar-refractivity contribution in [3.8, 4) is 11.1 Å². The van der Waals surface area contributed by atoms with Crippen LogP contribution in [0.15, 0.2) is 36.4 Å². The van der Waals surface area contributed by atoms with E-state index in [-0.39, 0.29) is 18.1 Å². The lowest BCUT2D eigenvalue weighted by atomic mass is 9.96. The summed E-state index contributed by atoms with van der Waals surface area (Å²) in [5.74, 6) is -0.0898. The summed E-state index contributed by atoms with van der Waals surface area (Å²) in [5, 5.41) is 0. The number of hydrogen-bond acceptors (Lipinski definition) is 5. The summed E-state index contributed by atoms with van der Waals surface area (Å²) in [7, 11) is -3.34. The Morgan fingerprint density at radius 1 is 1.03 bits per heavy atom. The van der Waals surface area contributed by atoms with Crippen LogP contribution in [-0.4, -0.2) is 51.9 Å². The van der Waals surface area contributed by atoms with Crippen molar-refractivity contribution >= 4 is 39.1 Å². The fourth-order valence-corrected chi connectivity index (χ4v) is 5.81. The fourth-order valence-electron chi connectivity index (χ4n) is 4.81. The van der Waals surface area contributed by atoms with Crippen LogP contribution in [0, 0.1) is 0 Å². The number of anilines is 3. The number of sulfonamides is 1. The average molecular weight is 486 g/mol. The van der Waals surface area contributed by atoms with Crippen LogP contribution in [0.3, 0.4) is 0 Å². The molecule has 0 aromatic heterocycles. The largest absolute Gasteiger partial charge is 0.446 e. The van der Waals surface area contributed by atoms with Crippen molar-refractivity contribution in [2.45, 2.75) is 52.7 Å². The second kappa shape index (κ2) is 8.94. The van der Waals surface area contributed by atoms with Gasteiger partial charge >= 0.3 is 6.09 Å². The number of fused-ring (bicyclic) bond motifs is 2. The van der Waals surface area contributed by atoms with Gasteiger partial charge in [0.25, 0.3) is 0 Å². The van der Waals surface area contributed by atoms with E-state index in [4.69, 9.17) is 4.74 Å². The van der Waals surface area contributed by atoms with E-state index in [2.05, 4.69) is 0 Å². The molecule has 0 aliphatic carbocycles. The van der Waals surface area contributed by atoms with Crippen molar-refractivity contribution in [2.24, 2.45) is 0 Å². The highest BCUT2D eigenvalue weighted by Gasteiger charge is 2.35. The summed E-state index contributed by atoms with van der Waals surface area (Å²) in [6.45, 7) is 7.85. The van der Waals surface area contributed by atoms with Crippen LogP contribution in [0.25, 0.3) is 11.1 Å². The lowest BCUT2D eigenvalue weighted by Gasteiger charge is -2.40. The first-order valence-corrected chi connectivity index (χ1v) is 13.3. The van der Waals surface area contributed by atoms with E-state index >= 15 is 0 Å². The zero-order chi connectivity index (χ0) is 24.8. The van der Waals surface area contributed by atoms with E-state index in [9.17, 15) is 18.0 Å².